The van der Waals surface area contributed by atoms with Crippen LogP contribution in [0.5, 0.6) is 11.5 Å². The number of hydrogen-bond donors (Lipinski definition) is 0. The Kier molecular flexibility index (Phi) is 7.85. The molecule has 3 aromatic carbocycles. The highest BCUT2D eigenvalue weighted by molar-refractivity contribution is 5.65. The van der Waals surface area contributed by atoms with Crippen LogP contribution in [0.15, 0.2) is 61.2 Å². The van der Waals surface area contributed by atoms with E-state index in [1.807, 2.05) is 18.2 Å². The first-order valence-corrected chi connectivity index (χ1v) is 11.9. The van der Waals surface area contributed by atoms with Crippen LogP contribution in [0.25, 0.3) is 11.1 Å². The van der Waals surface area contributed by atoms with Crippen LogP contribution in [-0.4, -0.2) is 12.7 Å². The van der Waals surface area contributed by atoms with Crippen molar-refractivity contribution < 1.29 is 35.8 Å². The zero-order chi connectivity index (χ0) is 26.7. The van der Waals surface area contributed by atoms with Crippen LogP contribution in [0, 0.1) is 36.1 Å². The quantitative estimate of drug-likeness (QED) is 0.218. The van der Waals surface area contributed by atoms with Gasteiger partial charge >= 0.3 is 6.11 Å². The molecule has 1 saturated carbocycles. The second-order valence-corrected chi connectivity index (χ2v) is 9.25. The molecule has 0 N–H and O–H groups in total. The standard InChI is InChI=1S/C29H26F6O2/c1-3-18-5-7-19(8-6-18)20-9-11-21(12-10-20)22-13-15-24(28(33)26(22)31)37-29(34,35)16-36-23-14-4-17(2)25(30)27(23)32/h3-4,9-15,18-19H,1,5-8,16H2,2H3. The predicted octanol–water partition coefficient (Wildman–Crippen LogP) is 8.73. The van der Waals surface area contributed by atoms with Crippen LogP contribution in [0.1, 0.15) is 42.7 Å². The summed E-state index contributed by atoms with van der Waals surface area (Å²) in [5.41, 5.74) is 1.36. The Morgan fingerprint density at radius 2 is 1.43 bits per heavy atom. The second kappa shape index (κ2) is 10.9. The van der Waals surface area contributed by atoms with E-state index in [0.717, 1.165) is 55.5 Å². The van der Waals surface area contributed by atoms with Gasteiger partial charge in [0.1, 0.15) is 0 Å². The van der Waals surface area contributed by atoms with Gasteiger partial charge in [-0.25, -0.2) is 8.78 Å². The van der Waals surface area contributed by atoms with Crippen molar-refractivity contribution in [3.8, 4) is 22.6 Å². The Bertz CT molecular complexity index is 1260. The topological polar surface area (TPSA) is 18.5 Å². The predicted molar refractivity (Wildman–Crippen MR) is 129 cm³/mol. The molecule has 0 aliphatic heterocycles. The Hall–Kier alpha value is -3.42. The molecule has 196 valence electrons. The van der Waals surface area contributed by atoms with Crippen molar-refractivity contribution in [2.45, 2.75) is 44.6 Å². The Morgan fingerprint density at radius 3 is 2.08 bits per heavy atom. The van der Waals surface area contributed by atoms with Crippen molar-refractivity contribution in [2.24, 2.45) is 5.92 Å². The van der Waals surface area contributed by atoms with Crippen LogP contribution in [0.3, 0.4) is 0 Å². The van der Waals surface area contributed by atoms with Gasteiger partial charge in [-0.2, -0.15) is 17.6 Å². The molecule has 2 nitrogen and oxygen atoms in total. The van der Waals surface area contributed by atoms with E-state index in [1.54, 1.807) is 12.1 Å². The maximum Gasteiger partial charge on any atom is 0.433 e. The number of benzene rings is 3. The largest absolute Gasteiger partial charge is 0.480 e. The molecule has 3 aromatic rings. The van der Waals surface area contributed by atoms with E-state index in [1.165, 1.54) is 6.92 Å². The summed E-state index contributed by atoms with van der Waals surface area (Å²) in [4.78, 5) is 0. The zero-order valence-electron chi connectivity index (χ0n) is 20.2. The van der Waals surface area contributed by atoms with Crippen molar-refractivity contribution in [3.05, 3.63) is 95.6 Å². The van der Waals surface area contributed by atoms with Gasteiger partial charge in [0.25, 0.3) is 0 Å². The lowest BCUT2D eigenvalue weighted by molar-refractivity contribution is -0.197. The molecule has 0 saturated heterocycles. The third kappa shape index (κ3) is 5.95. The van der Waals surface area contributed by atoms with E-state index >= 15 is 0 Å². The van der Waals surface area contributed by atoms with Crippen LogP contribution in [-0.2, 0) is 0 Å². The molecule has 0 heterocycles. The van der Waals surface area contributed by atoms with Gasteiger partial charge in [0.2, 0.25) is 11.6 Å². The minimum atomic E-state index is -4.16. The molecular weight excluding hydrogens is 494 g/mol. The molecule has 37 heavy (non-hydrogen) atoms. The van der Waals surface area contributed by atoms with E-state index in [4.69, 9.17) is 0 Å². The third-order valence-electron chi connectivity index (χ3n) is 6.74. The van der Waals surface area contributed by atoms with Gasteiger partial charge in [-0.3, -0.25) is 0 Å². The molecule has 8 heteroatoms. The summed E-state index contributed by atoms with van der Waals surface area (Å²) in [6.45, 7) is 3.60. The Morgan fingerprint density at radius 1 is 0.811 bits per heavy atom. The first-order valence-electron chi connectivity index (χ1n) is 11.9. The van der Waals surface area contributed by atoms with Gasteiger partial charge in [0.05, 0.1) is 0 Å². The second-order valence-electron chi connectivity index (χ2n) is 9.25. The van der Waals surface area contributed by atoms with Crippen LogP contribution in [0.2, 0.25) is 0 Å². The van der Waals surface area contributed by atoms with Gasteiger partial charge in [0, 0.05) is 5.56 Å². The normalized spacial score (nSPS) is 17.9. The van der Waals surface area contributed by atoms with Crippen molar-refractivity contribution in [1.82, 2.24) is 0 Å². The summed E-state index contributed by atoms with van der Waals surface area (Å²) in [5.74, 6) is -6.51. The summed E-state index contributed by atoms with van der Waals surface area (Å²) in [5, 5.41) is 0. The number of aryl methyl sites for hydroxylation is 1. The number of allylic oxidation sites excluding steroid dienone is 1. The van der Waals surface area contributed by atoms with Gasteiger partial charge in [-0.05, 0) is 79.3 Å². The molecule has 4 rings (SSSR count). The lowest BCUT2D eigenvalue weighted by Crippen LogP contribution is -2.33. The minimum absolute atomic E-state index is 0.0317. The Labute approximate surface area is 211 Å². The van der Waals surface area contributed by atoms with E-state index in [9.17, 15) is 26.3 Å². The smallest absolute Gasteiger partial charge is 0.433 e. The van der Waals surface area contributed by atoms with Crippen LogP contribution in [0.4, 0.5) is 26.3 Å². The minimum Gasteiger partial charge on any atom is -0.480 e. The maximum absolute atomic E-state index is 14.8. The van der Waals surface area contributed by atoms with Crippen LogP contribution < -0.4 is 9.47 Å². The average molecular weight is 521 g/mol. The summed E-state index contributed by atoms with van der Waals surface area (Å²) >= 11 is 0. The van der Waals surface area contributed by atoms with Crippen LogP contribution >= 0.6 is 0 Å². The fourth-order valence-corrected chi connectivity index (χ4v) is 4.55. The molecule has 0 radical (unpaired) electrons. The average Bonchev–Trinajstić information content (AvgIpc) is 2.90. The highest BCUT2D eigenvalue weighted by atomic mass is 19.3. The van der Waals surface area contributed by atoms with Crippen molar-refractivity contribution in [3.63, 3.8) is 0 Å². The fourth-order valence-electron chi connectivity index (χ4n) is 4.55. The molecule has 0 amide bonds. The van der Waals surface area contributed by atoms with Gasteiger partial charge in [0.15, 0.2) is 29.7 Å². The molecule has 0 atom stereocenters. The summed E-state index contributed by atoms with van der Waals surface area (Å²) in [7, 11) is 0. The number of ether oxygens (including phenoxy) is 2. The highest BCUT2D eigenvalue weighted by Crippen LogP contribution is 2.38. The molecule has 1 aliphatic rings. The molecule has 0 bridgehead atoms. The summed E-state index contributed by atoms with van der Waals surface area (Å²) < 4.78 is 94.4. The molecule has 0 spiro atoms. The van der Waals surface area contributed by atoms with E-state index in [0.29, 0.717) is 17.4 Å². The number of halogens is 6. The maximum atomic E-state index is 14.8. The van der Waals surface area contributed by atoms with Crippen molar-refractivity contribution >= 4 is 0 Å². The van der Waals surface area contributed by atoms with Crippen molar-refractivity contribution in [1.29, 1.82) is 0 Å². The monoisotopic (exact) mass is 520 g/mol. The lowest BCUT2D eigenvalue weighted by atomic mass is 9.78. The molecule has 1 fully saturated rings. The SMILES string of the molecule is C=CC1CCC(c2ccc(-c3ccc(OC(F)(F)COc4ccc(C)c(F)c4F)c(F)c3F)cc2)CC1. The van der Waals surface area contributed by atoms with Gasteiger partial charge in [-0.15, -0.1) is 6.58 Å². The third-order valence-corrected chi connectivity index (χ3v) is 6.74. The summed E-state index contributed by atoms with van der Waals surface area (Å²) in [6.07, 6.45) is 1.99. The first kappa shape index (κ1) is 26.6. The van der Waals surface area contributed by atoms with E-state index < -0.39 is 47.5 Å². The van der Waals surface area contributed by atoms with Crippen molar-refractivity contribution in [2.75, 3.05) is 6.61 Å². The Balaban J connectivity index is 1.44. The highest BCUT2D eigenvalue weighted by Gasteiger charge is 2.35. The van der Waals surface area contributed by atoms with Gasteiger partial charge in [-0.1, -0.05) is 36.4 Å². The van der Waals surface area contributed by atoms with Gasteiger partial charge < -0.3 is 9.47 Å². The molecule has 0 aromatic heterocycles. The molecular formula is C29H26F6O2. The number of rotatable bonds is 8. The first-order chi connectivity index (χ1) is 17.6. The lowest BCUT2D eigenvalue weighted by Gasteiger charge is -2.27. The molecule has 0 unspecified atom stereocenters. The number of alkyl halides is 2. The summed E-state index contributed by atoms with van der Waals surface area (Å²) in [6, 6.07) is 11.2. The van der Waals surface area contributed by atoms with E-state index in [2.05, 4.69) is 16.1 Å². The zero-order valence-corrected chi connectivity index (χ0v) is 20.2. The van der Waals surface area contributed by atoms with E-state index in [-0.39, 0.29) is 11.1 Å². The fraction of sp³-hybridized carbons (Fsp3) is 0.310. The molecule has 1 aliphatic carbocycles. The number of hydrogen-bond acceptors (Lipinski definition) is 2.